The van der Waals surface area contributed by atoms with Gasteiger partial charge in [-0.05, 0) is 0 Å². The molecular formula is C14H20ClNO9. The SMILES string of the molecule is [2H]CC(=O)OC[C@H]1OC(Cl)[C@@](O)(NC(C)=O)[C@@H](OC(=O)C[2H])[C@@H]1OC(=O)C[2H]. The number of amides is 1. The van der Waals surface area contributed by atoms with E-state index in [9.17, 15) is 24.3 Å². The number of esters is 3. The molecule has 10 nitrogen and oxygen atoms in total. The molecule has 1 aliphatic rings. The number of carbonyl (C=O) groups excluding carboxylic acids is 4. The smallest absolute Gasteiger partial charge is 0.303 e. The number of carbonyl (C=O) groups is 4. The van der Waals surface area contributed by atoms with Gasteiger partial charge in [-0.25, -0.2) is 0 Å². The van der Waals surface area contributed by atoms with Gasteiger partial charge in [0.05, 0.1) is 0 Å². The van der Waals surface area contributed by atoms with Crippen molar-refractivity contribution >= 4 is 35.4 Å². The number of hydrogen-bond donors (Lipinski definition) is 2. The highest BCUT2D eigenvalue weighted by atomic mass is 35.5. The van der Waals surface area contributed by atoms with E-state index in [0.29, 0.717) is 0 Å². The highest BCUT2D eigenvalue weighted by molar-refractivity contribution is 6.20. The number of halogens is 1. The summed E-state index contributed by atoms with van der Waals surface area (Å²) in [6.07, 6.45) is -4.87. The van der Waals surface area contributed by atoms with Crippen molar-refractivity contribution in [2.24, 2.45) is 0 Å². The molecule has 0 aromatic carbocycles. The molecule has 25 heavy (non-hydrogen) atoms. The maximum absolute atomic E-state index is 11.7. The molecular weight excluding hydrogens is 362 g/mol. The predicted molar refractivity (Wildman–Crippen MR) is 81.0 cm³/mol. The Morgan fingerprint density at radius 3 is 2.36 bits per heavy atom. The van der Waals surface area contributed by atoms with Gasteiger partial charge in [-0.2, -0.15) is 0 Å². The molecule has 0 saturated carbocycles. The Bertz CT molecular complexity index is 611. The van der Waals surface area contributed by atoms with Crippen LogP contribution in [-0.4, -0.2) is 65.1 Å². The van der Waals surface area contributed by atoms with Crippen LogP contribution in [0.4, 0.5) is 0 Å². The van der Waals surface area contributed by atoms with Gasteiger partial charge in [-0.1, -0.05) is 11.6 Å². The second-order valence-corrected chi connectivity index (χ2v) is 5.44. The quantitative estimate of drug-likeness (QED) is 0.270. The first kappa shape index (κ1) is 16.6. The summed E-state index contributed by atoms with van der Waals surface area (Å²) in [5, 5.41) is 12.9. The van der Waals surface area contributed by atoms with Crippen LogP contribution >= 0.6 is 11.6 Å². The number of rotatable bonds is 5. The summed E-state index contributed by atoms with van der Waals surface area (Å²) < 4.78 is 41.1. The minimum Gasteiger partial charge on any atom is -0.463 e. The largest absolute Gasteiger partial charge is 0.463 e. The number of nitrogens with one attached hydrogen (secondary N) is 1. The van der Waals surface area contributed by atoms with Crippen LogP contribution in [0.2, 0.25) is 0 Å². The second-order valence-electron chi connectivity index (χ2n) is 5.05. The number of hydrogen-bond acceptors (Lipinski definition) is 9. The van der Waals surface area contributed by atoms with Crippen molar-refractivity contribution in [2.45, 2.75) is 57.2 Å². The fourth-order valence-electron chi connectivity index (χ4n) is 2.22. The third-order valence-electron chi connectivity index (χ3n) is 3.05. The van der Waals surface area contributed by atoms with E-state index in [1.807, 2.05) is 0 Å². The lowest BCUT2D eigenvalue weighted by Crippen LogP contribution is -2.73. The molecule has 0 aromatic heterocycles. The van der Waals surface area contributed by atoms with Crippen LogP contribution in [0.1, 0.15) is 31.7 Å². The van der Waals surface area contributed by atoms with Crippen molar-refractivity contribution < 1.29 is 47.3 Å². The molecule has 0 radical (unpaired) electrons. The lowest BCUT2D eigenvalue weighted by Gasteiger charge is -2.48. The van der Waals surface area contributed by atoms with Crippen molar-refractivity contribution in [1.82, 2.24) is 5.32 Å². The molecule has 1 heterocycles. The average molecular weight is 385 g/mol. The zero-order chi connectivity index (χ0) is 21.5. The Morgan fingerprint density at radius 2 is 1.80 bits per heavy atom. The fourth-order valence-corrected chi connectivity index (χ4v) is 2.53. The van der Waals surface area contributed by atoms with E-state index in [2.05, 4.69) is 5.32 Å². The van der Waals surface area contributed by atoms with Gasteiger partial charge in [-0.15, -0.1) is 0 Å². The number of ether oxygens (including phenoxy) is 4. The zero-order valence-electron chi connectivity index (χ0n) is 16.2. The monoisotopic (exact) mass is 384 g/mol. The Kier molecular flexibility index (Phi) is 5.60. The maximum atomic E-state index is 11.7. The van der Waals surface area contributed by atoms with E-state index in [1.165, 1.54) is 0 Å². The summed E-state index contributed by atoms with van der Waals surface area (Å²) in [5.41, 5.74) is -4.31. The van der Waals surface area contributed by atoms with E-state index < -0.39 is 80.7 Å². The molecule has 0 bridgehead atoms. The average Bonchev–Trinajstić information content (AvgIpc) is 2.65. The van der Waals surface area contributed by atoms with Crippen LogP contribution in [-0.2, 0) is 38.1 Å². The van der Waals surface area contributed by atoms with E-state index in [0.717, 1.165) is 6.92 Å². The van der Waals surface area contributed by atoms with Crippen molar-refractivity contribution in [3.63, 3.8) is 0 Å². The molecule has 2 N–H and O–H groups in total. The maximum Gasteiger partial charge on any atom is 0.303 e. The first-order valence-electron chi connectivity index (χ1n) is 8.94. The van der Waals surface area contributed by atoms with Crippen molar-refractivity contribution in [3.05, 3.63) is 0 Å². The summed E-state index contributed by atoms with van der Waals surface area (Å²) in [6, 6.07) is 0. The third-order valence-corrected chi connectivity index (χ3v) is 3.49. The minimum atomic E-state index is -2.57. The van der Waals surface area contributed by atoms with Gasteiger partial charge in [0, 0.05) is 31.7 Å². The summed E-state index contributed by atoms with van der Waals surface area (Å²) in [4.78, 5) is 46.1. The Balaban J connectivity index is 3.29. The number of alkyl halides is 1. The molecule has 1 rings (SSSR count). The fraction of sp³-hybridized carbons (Fsp3) is 0.714. The third kappa shape index (κ3) is 5.55. The summed E-state index contributed by atoms with van der Waals surface area (Å²) >= 11 is 5.99. The van der Waals surface area contributed by atoms with Crippen LogP contribution in [0.25, 0.3) is 0 Å². The molecule has 11 heteroatoms. The standard InChI is InChI=1S/C14H20ClNO9/c1-6(17)16-14(21)12(24-9(4)20)11(23-8(3)19)10(25-13(14)15)5-22-7(2)18/h10-13,21H,5H2,1-4H3,(H,16,17)/t10-,11-,12+,13?,14-/m1/s1/i2D,3D,4D. The molecule has 0 aromatic rings. The Hall–Kier alpha value is -1.91. The Labute approximate surface area is 152 Å². The molecule has 142 valence electrons. The van der Waals surface area contributed by atoms with E-state index >= 15 is 0 Å². The van der Waals surface area contributed by atoms with Crippen molar-refractivity contribution in [3.8, 4) is 0 Å². The second kappa shape index (κ2) is 8.45. The van der Waals surface area contributed by atoms with Crippen LogP contribution in [0, 0.1) is 0 Å². The summed E-state index contributed by atoms with van der Waals surface area (Å²) in [5.74, 6) is -3.99. The van der Waals surface area contributed by atoms with Crippen LogP contribution in [0.5, 0.6) is 0 Å². The van der Waals surface area contributed by atoms with Crippen molar-refractivity contribution in [2.75, 3.05) is 6.61 Å². The molecule has 1 amide bonds. The Morgan fingerprint density at radius 1 is 1.20 bits per heavy atom. The predicted octanol–water partition coefficient (Wildman–Crippen LogP) is -0.799. The molecule has 1 unspecified atom stereocenters. The highest BCUT2D eigenvalue weighted by Crippen LogP contribution is 2.34. The molecule has 0 aliphatic carbocycles. The van der Waals surface area contributed by atoms with E-state index in [4.69, 9.17) is 34.7 Å². The van der Waals surface area contributed by atoms with E-state index in [-0.39, 0.29) is 0 Å². The van der Waals surface area contributed by atoms with Gasteiger partial charge >= 0.3 is 17.9 Å². The molecule has 0 spiro atoms. The number of aliphatic hydroxyl groups is 1. The lowest BCUT2D eigenvalue weighted by molar-refractivity contribution is -0.273. The van der Waals surface area contributed by atoms with Gasteiger partial charge in [0.2, 0.25) is 11.6 Å². The van der Waals surface area contributed by atoms with E-state index in [1.54, 1.807) is 0 Å². The molecule has 5 atom stereocenters. The summed E-state index contributed by atoms with van der Waals surface area (Å²) in [6.45, 7) is -1.98. The summed E-state index contributed by atoms with van der Waals surface area (Å²) in [7, 11) is 0. The lowest BCUT2D eigenvalue weighted by atomic mass is 9.93. The first-order chi connectivity index (χ1) is 13.1. The first-order valence-corrected chi connectivity index (χ1v) is 7.25. The highest BCUT2D eigenvalue weighted by Gasteiger charge is 2.59. The van der Waals surface area contributed by atoms with Gasteiger partial charge < -0.3 is 29.4 Å². The van der Waals surface area contributed by atoms with Crippen LogP contribution in [0.15, 0.2) is 0 Å². The van der Waals surface area contributed by atoms with Gasteiger partial charge in [0.1, 0.15) is 12.7 Å². The van der Waals surface area contributed by atoms with Crippen molar-refractivity contribution in [1.29, 1.82) is 0 Å². The zero-order valence-corrected chi connectivity index (χ0v) is 14.0. The molecule has 1 fully saturated rings. The molecule has 1 saturated heterocycles. The normalized spacial score (nSPS) is 33.2. The minimum absolute atomic E-state index is 0.595. The van der Waals surface area contributed by atoms with Gasteiger partial charge in [0.15, 0.2) is 17.8 Å². The van der Waals surface area contributed by atoms with Crippen LogP contribution < -0.4 is 5.32 Å². The topological polar surface area (TPSA) is 137 Å². The van der Waals surface area contributed by atoms with Crippen LogP contribution in [0.3, 0.4) is 0 Å². The molecule has 1 aliphatic heterocycles. The van der Waals surface area contributed by atoms with Gasteiger partial charge in [0.25, 0.3) is 0 Å². The van der Waals surface area contributed by atoms with Gasteiger partial charge in [-0.3, -0.25) is 19.2 Å².